The number of hydrogen-bond acceptors (Lipinski definition) is 7. The molecule has 1 aromatic heterocycles. The molecule has 0 saturated carbocycles. The van der Waals surface area contributed by atoms with Crippen LogP contribution in [0.1, 0.15) is 25.7 Å². The van der Waals surface area contributed by atoms with Crippen molar-refractivity contribution in [1.82, 2.24) is 13.8 Å². The van der Waals surface area contributed by atoms with Gasteiger partial charge in [-0.25, -0.2) is 8.42 Å². The number of aromatic nitrogens is 1. The molecule has 34 heavy (non-hydrogen) atoms. The molecule has 0 atom stereocenters. The summed E-state index contributed by atoms with van der Waals surface area (Å²) in [5.74, 6) is 1.10. The van der Waals surface area contributed by atoms with E-state index in [0.717, 1.165) is 12.8 Å². The Kier molecular flexibility index (Phi) is 6.32. The summed E-state index contributed by atoms with van der Waals surface area (Å²) in [5.41, 5.74) is 0.419. The van der Waals surface area contributed by atoms with Crippen molar-refractivity contribution >= 4 is 21.6 Å². The van der Waals surface area contributed by atoms with E-state index in [4.69, 9.17) is 9.47 Å². The highest BCUT2D eigenvalue weighted by molar-refractivity contribution is 7.89. The molecular weight excluding hydrogens is 460 g/mol. The Hall–Kier alpha value is -2.89. The van der Waals surface area contributed by atoms with Crippen molar-refractivity contribution in [2.75, 3.05) is 38.3 Å². The molecule has 5 rings (SSSR count). The largest absolute Gasteiger partial charge is 0.454 e. The van der Waals surface area contributed by atoms with Gasteiger partial charge in [0.2, 0.25) is 22.7 Å². The molecule has 11 heteroatoms. The molecule has 0 bridgehead atoms. The molecule has 4 heterocycles. The van der Waals surface area contributed by atoms with E-state index in [1.807, 2.05) is 0 Å². The number of benzene rings is 1. The first-order chi connectivity index (χ1) is 16.4. The smallest absolute Gasteiger partial charge is 0.251 e. The van der Waals surface area contributed by atoms with Gasteiger partial charge in [-0.05, 0) is 43.9 Å². The molecule has 2 fully saturated rings. The molecular formula is C23H28N4O6S. The van der Waals surface area contributed by atoms with Crippen LogP contribution in [0.3, 0.4) is 0 Å². The van der Waals surface area contributed by atoms with E-state index in [1.54, 1.807) is 18.2 Å². The topological polar surface area (TPSA) is 110 Å². The van der Waals surface area contributed by atoms with Crippen molar-refractivity contribution in [3.8, 4) is 11.5 Å². The number of sulfonamides is 1. The van der Waals surface area contributed by atoms with Gasteiger partial charge in [-0.1, -0.05) is 0 Å². The summed E-state index contributed by atoms with van der Waals surface area (Å²) in [4.78, 5) is 27.3. The molecule has 1 N–H and O–H groups in total. The van der Waals surface area contributed by atoms with Crippen LogP contribution in [0.4, 0.5) is 5.69 Å². The molecule has 2 saturated heterocycles. The molecule has 0 spiro atoms. The summed E-state index contributed by atoms with van der Waals surface area (Å²) in [5, 5.41) is 2.95. The molecule has 0 aliphatic carbocycles. The average Bonchev–Trinajstić information content (AvgIpc) is 3.53. The number of likely N-dealkylation sites (tertiary alicyclic amines) is 1. The zero-order chi connectivity index (χ0) is 23.7. The van der Waals surface area contributed by atoms with E-state index in [9.17, 15) is 18.0 Å². The Bertz CT molecular complexity index is 1230. The molecule has 0 radical (unpaired) electrons. The van der Waals surface area contributed by atoms with Gasteiger partial charge in [0.1, 0.15) is 0 Å². The van der Waals surface area contributed by atoms with E-state index in [0.29, 0.717) is 62.9 Å². The van der Waals surface area contributed by atoms with E-state index in [2.05, 4.69) is 10.2 Å². The van der Waals surface area contributed by atoms with Crippen molar-refractivity contribution < 1.29 is 22.7 Å². The SMILES string of the molecule is O=C(Nc1ccc2c(c1)OCO2)C1CCN(Cn2cc(S(=O)(=O)N3CCCC3)ccc2=O)CC1. The monoisotopic (exact) mass is 488 g/mol. The Balaban J connectivity index is 1.18. The third-order valence-electron chi connectivity index (χ3n) is 6.61. The van der Waals surface area contributed by atoms with Crippen LogP contribution < -0.4 is 20.3 Å². The van der Waals surface area contributed by atoms with Crippen LogP contribution >= 0.6 is 0 Å². The molecule has 1 aromatic carbocycles. The lowest BCUT2D eigenvalue weighted by molar-refractivity contribution is -0.121. The van der Waals surface area contributed by atoms with E-state index >= 15 is 0 Å². The van der Waals surface area contributed by atoms with Crippen LogP contribution in [0.15, 0.2) is 46.2 Å². The van der Waals surface area contributed by atoms with Crippen molar-refractivity contribution in [3.63, 3.8) is 0 Å². The highest BCUT2D eigenvalue weighted by Crippen LogP contribution is 2.34. The minimum atomic E-state index is -3.59. The summed E-state index contributed by atoms with van der Waals surface area (Å²) in [6, 6.07) is 8.02. The highest BCUT2D eigenvalue weighted by atomic mass is 32.2. The van der Waals surface area contributed by atoms with Gasteiger partial charge in [0.15, 0.2) is 11.5 Å². The number of amides is 1. The minimum Gasteiger partial charge on any atom is -0.454 e. The Morgan fingerprint density at radius 1 is 1.00 bits per heavy atom. The first-order valence-electron chi connectivity index (χ1n) is 11.5. The van der Waals surface area contributed by atoms with Gasteiger partial charge in [0.05, 0.1) is 11.6 Å². The first-order valence-corrected chi connectivity index (χ1v) is 13.0. The van der Waals surface area contributed by atoms with Gasteiger partial charge in [-0.2, -0.15) is 4.31 Å². The molecule has 2 aromatic rings. The lowest BCUT2D eigenvalue weighted by Crippen LogP contribution is -2.41. The maximum absolute atomic E-state index is 12.9. The van der Waals surface area contributed by atoms with Crippen LogP contribution in [0.25, 0.3) is 0 Å². The summed E-state index contributed by atoms with van der Waals surface area (Å²) in [6.45, 7) is 2.77. The van der Waals surface area contributed by atoms with E-state index in [-0.39, 0.29) is 29.1 Å². The fourth-order valence-electron chi connectivity index (χ4n) is 4.62. The molecule has 3 aliphatic rings. The standard InChI is InChI=1S/C23H28N4O6S/c28-22-6-4-19(34(30,31)27-9-1-2-10-27)14-26(22)15-25-11-7-17(8-12-25)23(29)24-18-3-5-20-21(13-18)33-16-32-20/h3-6,13-14,17H,1-2,7-12,15-16H2,(H,24,29). The lowest BCUT2D eigenvalue weighted by Gasteiger charge is -2.31. The fourth-order valence-corrected chi connectivity index (χ4v) is 6.16. The highest BCUT2D eigenvalue weighted by Gasteiger charge is 2.29. The Labute approximate surface area is 198 Å². The van der Waals surface area contributed by atoms with Gasteiger partial charge in [-0.3, -0.25) is 14.5 Å². The second-order valence-corrected chi connectivity index (χ2v) is 10.8. The number of pyridine rings is 1. The number of ether oxygens (including phenoxy) is 2. The fraction of sp³-hybridized carbons (Fsp3) is 0.478. The first kappa shape index (κ1) is 22.9. The maximum Gasteiger partial charge on any atom is 0.251 e. The quantitative estimate of drug-likeness (QED) is 0.659. The number of rotatable bonds is 6. The van der Waals surface area contributed by atoms with Crippen molar-refractivity contribution in [1.29, 1.82) is 0 Å². The van der Waals surface area contributed by atoms with Crippen LogP contribution in [0, 0.1) is 5.92 Å². The summed E-state index contributed by atoms with van der Waals surface area (Å²) >= 11 is 0. The number of hydrogen-bond donors (Lipinski definition) is 1. The van der Waals surface area contributed by atoms with E-state index in [1.165, 1.54) is 27.2 Å². The zero-order valence-electron chi connectivity index (χ0n) is 18.8. The summed E-state index contributed by atoms with van der Waals surface area (Å²) < 4.78 is 39.3. The average molecular weight is 489 g/mol. The number of carbonyl (C=O) groups is 1. The number of nitrogens with zero attached hydrogens (tertiary/aromatic N) is 3. The summed E-state index contributed by atoms with van der Waals surface area (Å²) in [6.07, 6.45) is 4.45. The predicted molar refractivity (Wildman–Crippen MR) is 124 cm³/mol. The Morgan fingerprint density at radius 2 is 1.74 bits per heavy atom. The normalized spacial score (nSPS) is 19.4. The third-order valence-corrected chi connectivity index (χ3v) is 8.49. The number of piperidine rings is 1. The van der Waals surface area contributed by atoms with Crippen molar-refractivity contribution in [2.45, 2.75) is 37.2 Å². The van der Waals surface area contributed by atoms with Crippen LogP contribution in [-0.4, -0.2) is 61.1 Å². The van der Waals surface area contributed by atoms with Crippen molar-refractivity contribution in [3.05, 3.63) is 46.9 Å². The van der Waals surface area contributed by atoms with Crippen LogP contribution in [0.5, 0.6) is 11.5 Å². The second-order valence-electron chi connectivity index (χ2n) is 8.88. The van der Waals surface area contributed by atoms with Gasteiger partial charge in [0.25, 0.3) is 5.56 Å². The number of anilines is 1. The minimum absolute atomic E-state index is 0.0469. The van der Waals surface area contributed by atoms with Gasteiger partial charge < -0.3 is 19.4 Å². The zero-order valence-corrected chi connectivity index (χ0v) is 19.6. The van der Waals surface area contributed by atoms with E-state index < -0.39 is 10.0 Å². The predicted octanol–water partition coefficient (Wildman–Crippen LogP) is 1.67. The lowest BCUT2D eigenvalue weighted by atomic mass is 9.96. The molecule has 3 aliphatic heterocycles. The van der Waals surface area contributed by atoms with Gasteiger partial charge >= 0.3 is 0 Å². The van der Waals surface area contributed by atoms with Crippen molar-refractivity contribution in [2.24, 2.45) is 5.92 Å². The second kappa shape index (κ2) is 9.40. The van der Waals surface area contributed by atoms with Gasteiger partial charge in [-0.15, -0.1) is 0 Å². The summed E-state index contributed by atoms with van der Waals surface area (Å²) in [7, 11) is -3.59. The van der Waals surface area contributed by atoms with Crippen LogP contribution in [0.2, 0.25) is 0 Å². The van der Waals surface area contributed by atoms with Crippen LogP contribution in [-0.2, 0) is 21.5 Å². The molecule has 182 valence electrons. The number of nitrogens with one attached hydrogen (secondary N) is 1. The Morgan fingerprint density at radius 3 is 2.50 bits per heavy atom. The van der Waals surface area contributed by atoms with Gasteiger partial charge in [0, 0.05) is 56.1 Å². The number of fused-ring (bicyclic) bond motifs is 1. The number of carbonyl (C=O) groups excluding carboxylic acids is 1. The molecule has 1 amide bonds. The maximum atomic E-state index is 12.9. The molecule has 10 nitrogen and oxygen atoms in total. The third kappa shape index (κ3) is 4.68. The molecule has 0 unspecified atom stereocenters.